The monoisotopic (exact) mass is 318 g/mol. The highest BCUT2D eigenvalue weighted by molar-refractivity contribution is 5.89. The van der Waals surface area contributed by atoms with Gasteiger partial charge in [0.1, 0.15) is 17.5 Å². The van der Waals surface area contributed by atoms with Crippen LogP contribution in [0.2, 0.25) is 0 Å². The van der Waals surface area contributed by atoms with Crippen LogP contribution in [0, 0.1) is 11.3 Å². The summed E-state index contributed by atoms with van der Waals surface area (Å²) in [6.07, 6.45) is 0. The highest BCUT2D eigenvalue weighted by Crippen LogP contribution is 2.34. The number of nitriles is 1. The molecule has 0 aliphatic heterocycles. The highest BCUT2D eigenvalue weighted by atomic mass is 16.5. The minimum atomic E-state index is -0.528. The Hall–Kier alpha value is -3.19. The number of hydrogen-bond acceptors (Lipinski definition) is 4. The second-order valence-corrected chi connectivity index (χ2v) is 5.34. The molecule has 0 bridgehead atoms. The van der Waals surface area contributed by atoms with E-state index in [0.29, 0.717) is 5.75 Å². The zero-order valence-electron chi connectivity index (χ0n) is 13.6. The molecule has 0 aliphatic rings. The first-order valence-corrected chi connectivity index (χ1v) is 7.62. The smallest absolute Gasteiger partial charge is 0.144 e. The fraction of sp³-hybridized carbons (Fsp3) is 0.150. The number of nitrogens with one attached hydrogen (secondary N) is 1. The number of hydrogen-bond donors (Lipinski definition) is 1. The molecule has 120 valence electrons. The topological polar surface area (TPSA) is 54.3 Å². The van der Waals surface area contributed by atoms with Gasteiger partial charge in [0.25, 0.3) is 0 Å². The third kappa shape index (κ3) is 2.97. The number of rotatable bonds is 5. The van der Waals surface area contributed by atoms with Gasteiger partial charge in [0.05, 0.1) is 20.3 Å². The summed E-state index contributed by atoms with van der Waals surface area (Å²) >= 11 is 0. The summed E-state index contributed by atoms with van der Waals surface area (Å²) in [7, 11) is 3.25. The lowest BCUT2D eigenvalue weighted by Gasteiger charge is -2.19. The second kappa shape index (κ2) is 6.93. The highest BCUT2D eigenvalue weighted by Gasteiger charge is 2.19. The molecule has 4 nitrogen and oxygen atoms in total. The fourth-order valence-corrected chi connectivity index (χ4v) is 2.77. The normalized spacial score (nSPS) is 11.5. The van der Waals surface area contributed by atoms with Crippen molar-refractivity contribution in [2.75, 3.05) is 19.5 Å². The van der Waals surface area contributed by atoms with Crippen LogP contribution in [0.5, 0.6) is 11.5 Å². The molecule has 3 aromatic rings. The van der Waals surface area contributed by atoms with Crippen LogP contribution in [-0.2, 0) is 0 Å². The largest absolute Gasteiger partial charge is 0.497 e. The van der Waals surface area contributed by atoms with Crippen molar-refractivity contribution >= 4 is 16.5 Å². The average molecular weight is 318 g/mol. The Kier molecular flexibility index (Phi) is 4.53. The third-order valence-corrected chi connectivity index (χ3v) is 3.97. The molecule has 0 saturated heterocycles. The maximum Gasteiger partial charge on any atom is 0.144 e. The van der Waals surface area contributed by atoms with Crippen molar-refractivity contribution in [3.63, 3.8) is 0 Å². The zero-order valence-corrected chi connectivity index (χ0v) is 13.6. The Balaban J connectivity index is 2.04. The van der Waals surface area contributed by atoms with Crippen LogP contribution in [0.3, 0.4) is 0 Å². The van der Waals surface area contributed by atoms with Gasteiger partial charge in [-0.05, 0) is 41.1 Å². The number of fused-ring (bicyclic) bond motifs is 1. The van der Waals surface area contributed by atoms with Crippen molar-refractivity contribution in [1.82, 2.24) is 0 Å². The van der Waals surface area contributed by atoms with E-state index in [4.69, 9.17) is 9.47 Å². The summed E-state index contributed by atoms with van der Waals surface area (Å²) < 4.78 is 10.7. The quantitative estimate of drug-likeness (QED) is 0.750. The number of methoxy groups -OCH3 is 2. The summed E-state index contributed by atoms with van der Waals surface area (Å²) in [5, 5.41) is 15.1. The van der Waals surface area contributed by atoms with E-state index >= 15 is 0 Å². The number of anilines is 1. The minimum Gasteiger partial charge on any atom is -0.497 e. The van der Waals surface area contributed by atoms with Gasteiger partial charge in [-0.1, -0.05) is 30.3 Å². The van der Waals surface area contributed by atoms with Crippen LogP contribution in [-0.4, -0.2) is 14.2 Å². The van der Waals surface area contributed by atoms with Gasteiger partial charge in [0, 0.05) is 11.3 Å². The van der Waals surface area contributed by atoms with Crippen molar-refractivity contribution in [3.8, 4) is 17.6 Å². The predicted molar refractivity (Wildman–Crippen MR) is 95.5 cm³/mol. The number of benzene rings is 3. The zero-order chi connectivity index (χ0) is 16.9. The summed E-state index contributed by atoms with van der Waals surface area (Å²) in [4.78, 5) is 0. The van der Waals surface area contributed by atoms with Crippen molar-refractivity contribution < 1.29 is 9.47 Å². The Labute approximate surface area is 141 Å². The molecule has 3 aromatic carbocycles. The fourth-order valence-electron chi connectivity index (χ4n) is 2.77. The first-order chi connectivity index (χ1) is 11.8. The van der Waals surface area contributed by atoms with E-state index in [2.05, 4.69) is 11.4 Å². The Bertz CT molecular complexity index is 882. The average Bonchev–Trinajstić information content (AvgIpc) is 2.65. The lowest BCUT2D eigenvalue weighted by molar-refractivity contribution is 0.410. The number of nitrogens with zero attached hydrogens (tertiary/aromatic N) is 1. The van der Waals surface area contributed by atoms with E-state index in [0.717, 1.165) is 27.8 Å². The van der Waals surface area contributed by atoms with Crippen LogP contribution < -0.4 is 14.8 Å². The first kappa shape index (κ1) is 15.7. The molecule has 0 aromatic heterocycles. The summed E-state index contributed by atoms with van der Waals surface area (Å²) in [6.45, 7) is 0. The Morgan fingerprint density at radius 1 is 0.917 bits per heavy atom. The molecule has 3 rings (SSSR count). The molecule has 1 atom stereocenters. The molecule has 0 saturated carbocycles. The van der Waals surface area contributed by atoms with Gasteiger partial charge in [-0.3, -0.25) is 0 Å². The predicted octanol–water partition coefficient (Wildman–Crippen LogP) is 4.53. The van der Waals surface area contributed by atoms with E-state index in [1.807, 2.05) is 60.7 Å². The van der Waals surface area contributed by atoms with E-state index < -0.39 is 6.04 Å². The van der Waals surface area contributed by atoms with Crippen LogP contribution in [0.15, 0.2) is 60.7 Å². The summed E-state index contributed by atoms with van der Waals surface area (Å²) in [5.74, 6) is 1.47. The van der Waals surface area contributed by atoms with Crippen LogP contribution >= 0.6 is 0 Å². The molecule has 0 spiro atoms. The molecule has 0 amide bonds. The molecule has 0 heterocycles. The molecule has 24 heavy (non-hydrogen) atoms. The van der Waals surface area contributed by atoms with E-state index in [1.54, 1.807) is 14.2 Å². The van der Waals surface area contributed by atoms with Crippen molar-refractivity contribution in [2.24, 2.45) is 0 Å². The Morgan fingerprint density at radius 2 is 1.67 bits per heavy atom. The van der Waals surface area contributed by atoms with Crippen molar-refractivity contribution in [2.45, 2.75) is 6.04 Å². The first-order valence-electron chi connectivity index (χ1n) is 7.62. The SMILES string of the molecule is COc1ccc(NC(C#N)c2c(OC)ccc3ccccc23)cc1. The van der Waals surface area contributed by atoms with Crippen LogP contribution in [0.4, 0.5) is 5.69 Å². The van der Waals surface area contributed by atoms with E-state index in [1.165, 1.54) is 0 Å². The van der Waals surface area contributed by atoms with Gasteiger partial charge in [-0.2, -0.15) is 5.26 Å². The van der Waals surface area contributed by atoms with Gasteiger partial charge < -0.3 is 14.8 Å². The number of ether oxygens (including phenoxy) is 2. The van der Waals surface area contributed by atoms with Gasteiger partial charge in [-0.25, -0.2) is 0 Å². The molecule has 0 aliphatic carbocycles. The third-order valence-electron chi connectivity index (χ3n) is 3.97. The van der Waals surface area contributed by atoms with Gasteiger partial charge in [-0.15, -0.1) is 0 Å². The molecular formula is C20H18N2O2. The van der Waals surface area contributed by atoms with Crippen molar-refractivity contribution in [3.05, 3.63) is 66.2 Å². The molecule has 0 radical (unpaired) electrons. The van der Waals surface area contributed by atoms with Crippen LogP contribution in [0.1, 0.15) is 11.6 Å². The van der Waals surface area contributed by atoms with Gasteiger partial charge in [0.15, 0.2) is 0 Å². The summed E-state index contributed by atoms with van der Waals surface area (Å²) in [6, 6.07) is 21.2. The second-order valence-electron chi connectivity index (χ2n) is 5.34. The lowest BCUT2D eigenvalue weighted by atomic mass is 9.98. The van der Waals surface area contributed by atoms with Gasteiger partial charge in [0.2, 0.25) is 0 Å². The van der Waals surface area contributed by atoms with E-state index in [9.17, 15) is 5.26 Å². The van der Waals surface area contributed by atoms with Crippen molar-refractivity contribution in [1.29, 1.82) is 5.26 Å². The van der Waals surface area contributed by atoms with E-state index in [-0.39, 0.29) is 0 Å². The maximum atomic E-state index is 9.73. The lowest BCUT2D eigenvalue weighted by Crippen LogP contribution is -2.10. The maximum absolute atomic E-state index is 9.73. The van der Waals surface area contributed by atoms with Crippen LogP contribution in [0.25, 0.3) is 10.8 Å². The summed E-state index contributed by atoms with van der Waals surface area (Å²) in [5.41, 5.74) is 1.69. The van der Waals surface area contributed by atoms with Gasteiger partial charge >= 0.3 is 0 Å². The molecule has 0 fully saturated rings. The molecular weight excluding hydrogens is 300 g/mol. The molecule has 1 unspecified atom stereocenters. The molecule has 1 N–H and O–H groups in total. The minimum absolute atomic E-state index is 0.528. The standard InChI is InChI=1S/C20H18N2O2/c1-23-16-10-8-15(9-11-16)22-18(13-21)20-17-6-4-3-5-14(17)7-12-19(20)24-2/h3-12,18,22H,1-2H3. The Morgan fingerprint density at radius 3 is 2.33 bits per heavy atom. The molecule has 4 heteroatoms.